The van der Waals surface area contributed by atoms with Gasteiger partial charge in [-0.2, -0.15) is 0 Å². The minimum atomic E-state index is -0.152. The third-order valence-electron chi connectivity index (χ3n) is 3.70. The number of nitrogens with zero attached hydrogens (tertiary/aromatic N) is 1. The molecule has 1 atom stereocenters. The summed E-state index contributed by atoms with van der Waals surface area (Å²) in [5.74, 6) is 0.333. The summed E-state index contributed by atoms with van der Waals surface area (Å²) in [6.45, 7) is 1.31. The van der Waals surface area contributed by atoms with Crippen LogP contribution < -0.4 is 10.1 Å². The molecule has 1 fully saturated rings. The van der Waals surface area contributed by atoms with Crippen LogP contribution >= 0.6 is 0 Å². The van der Waals surface area contributed by atoms with Gasteiger partial charge in [0, 0.05) is 18.5 Å². The zero-order valence-electron chi connectivity index (χ0n) is 12.0. The average molecular weight is 286 g/mol. The van der Waals surface area contributed by atoms with Crippen LogP contribution in [0.15, 0.2) is 30.5 Å². The molecule has 1 aromatic carbocycles. The first-order valence-corrected chi connectivity index (χ1v) is 7.11. The van der Waals surface area contributed by atoms with Crippen LogP contribution in [0.2, 0.25) is 0 Å². The highest BCUT2D eigenvalue weighted by Gasteiger charge is 2.20. The lowest BCUT2D eigenvalue weighted by Gasteiger charge is -2.14. The van der Waals surface area contributed by atoms with Gasteiger partial charge in [0.15, 0.2) is 5.75 Å². The molecule has 1 aromatic heterocycles. The second-order valence-corrected chi connectivity index (χ2v) is 5.06. The van der Waals surface area contributed by atoms with Crippen LogP contribution in [0.5, 0.6) is 5.75 Å². The summed E-state index contributed by atoms with van der Waals surface area (Å²) in [6, 6.07) is 7.55. The summed E-state index contributed by atoms with van der Waals surface area (Å²) in [6.07, 6.45) is 3.76. The van der Waals surface area contributed by atoms with Gasteiger partial charge in [-0.1, -0.05) is 18.2 Å². The zero-order chi connectivity index (χ0) is 14.7. The van der Waals surface area contributed by atoms with Crippen molar-refractivity contribution in [3.05, 3.63) is 36.0 Å². The maximum absolute atomic E-state index is 12.5. The van der Waals surface area contributed by atoms with Gasteiger partial charge in [-0.25, -0.2) is 0 Å². The topological polar surface area (TPSA) is 60.5 Å². The molecule has 5 nitrogen and oxygen atoms in total. The van der Waals surface area contributed by atoms with Gasteiger partial charge >= 0.3 is 0 Å². The monoisotopic (exact) mass is 286 g/mol. The van der Waals surface area contributed by atoms with E-state index in [-0.39, 0.29) is 12.0 Å². The quantitative estimate of drug-likeness (QED) is 0.935. The fourth-order valence-electron chi connectivity index (χ4n) is 2.61. The summed E-state index contributed by atoms with van der Waals surface area (Å²) in [7, 11) is 1.54. The van der Waals surface area contributed by atoms with Gasteiger partial charge in [-0.05, 0) is 18.9 Å². The fourth-order valence-corrected chi connectivity index (χ4v) is 2.61. The molecule has 1 unspecified atom stereocenters. The minimum Gasteiger partial charge on any atom is -0.494 e. The highest BCUT2D eigenvalue weighted by molar-refractivity contribution is 6.08. The number of para-hydroxylation sites is 1. The Morgan fingerprint density at radius 1 is 1.48 bits per heavy atom. The van der Waals surface area contributed by atoms with Crippen molar-refractivity contribution in [2.45, 2.75) is 18.9 Å². The summed E-state index contributed by atoms with van der Waals surface area (Å²) in [4.78, 5) is 16.8. The molecule has 0 bridgehead atoms. The molecule has 21 heavy (non-hydrogen) atoms. The zero-order valence-corrected chi connectivity index (χ0v) is 12.0. The van der Waals surface area contributed by atoms with E-state index in [0.29, 0.717) is 17.9 Å². The van der Waals surface area contributed by atoms with Gasteiger partial charge in [0.05, 0.1) is 30.5 Å². The number of hydrogen-bond donors (Lipinski definition) is 1. The third-order valence-corrected chi connectivity index (χ3v) is 3.70. The van der Waals surface area contributed by atoms with Crippen molar-refractivity contribution in [1.29, 1.82) is 0 Å². The second-order valence-electron chi connectivity index (χ2n) is 5.06. The molecule has 1 aliphatic rings. The third kappa shape index (κ3) is 2.83. The molecular formula is C16H18N2O3. The Morgan fingerprint density at radius 2 is 2.33 bits per heavy atom. The molecule has 0 saturated carbocycles. The molecule has 110 valence electrons. The summed E-state index contributed by atoms with van der Waals surface area (Å²) < 4.78 is 10.8. The van der Waals surface area contributed by atoms with Crippen molar-refractivity contribution in [1.82, 2.24) is 10.3 Å². The predicted molar refractivity (Wildman–Crippen MR) is 79.6 cm³/mol. The Morgan fingerprint density at radius 3 is 3.10 bits per heavy atom. The lowest BCUT2D eigenvalue weighted by Crippen LogP contribution is -2.32. The Hall–Kier alpha value is -2.14. The molecule has 2 heterocycles. The first-order chi connectivity index (χ1) is 10.3. The summed E-state index contributed by atoms with van der Waals surface area (Å²) in [5.41, 5.74) is 1.31. The van der Waals surface area contributed by atoms with Gasteiger partial charge in [0.1, 0.15) is 0 Å². The first-order valence-electron chi connectivity index (χ1n) is 7.11. The van der Waals surface area contributed by atoms with E-state index >= 15 is 0 Å². The lowest BCUT2D eigenvalue weighted by molar-refractivity contribution is 0.0856. The number of hydrogen-bond acceptors (Lipinski definition) is 4. The van der Waals surface area contributed by atoms with Crippen LogP contribution in [-0.2, 0) is 4.74 Å². The first kappa shape index (κ1) is 13.8. The number of pyridine rings is 1. The summed E-state index contributed by atoms with van der Waals surface area (Å²) in [5, 5.41) is 3.73. The van der Waals surface area contributed by atoms with E-state index in [9.17, 15) is 4.79 Å². The molecule has 0 spiro atoms. The molecule has 0 radical (unpaired) electrons. The number of nitrogens with one attached hydrogen (secondary N) is 1. The number of benzene rings is 1. The van der Waals surface area contributed by atoms with Crippen molar-refractivity contribution >= 4 is 16.8 Å². The van der Waals surface area contributed by atoms with E-state index in [1.807, 2.05) is 24.3 Å². The van der Waals surface area contributed by atoms with E-state index in [4.69, 9.17) is 9.47 Å². The molecule has 0 aliphatic carbocycles. The normalized spacial score (nSPS) is 17.9. The Balaban J connectivity index is 1.88. The van der Waals surface area contributed by atoms with E-state index in [1.165, 1.54) is 0 Å². The van der Waals surface area contributed by atoms with Crippen molar-refractivity contribution in [3.8, 4) is 5.75 Å². The number of aromatic nitrogens is 1. The van der Waals surface area contributed by atoms with Gasteiger partial charge in [0.2, 0.25) is 0 Å². The van der Waals surface area contributed by atoms with Gasteiger partial charge in [-0.15, -0.1) is 0 Å². The second kappa shape index (κ2) is 6.10. The van der Waals surface area contributed by atoms with Crippen LogP contribution in [0.25, 0.3) is 10.9 Å². The molecule has 1 aliphatic heterocycles. The van der Waals surface area contributed by atoms with Crippen LogP contribution in [0.1, 0.15) is 23.2 Å². The number of rotatable bonds is 4. The SMILES string of the molecule is COc1cnc2ccccc2c1C(=O)NCC1CCCO1. The Kier molecular flexibility index (Phi) is 4.01. The fraction of sp³-hybridized carbons (Fsp3) is 0.375. The predicted octanol–water partition coefficient (Wildman–Crippen LogP) is 2.15. The maximum Gasteiger partial charge on any atom is 0.255 e. The van der Waals surface area contributed by atoms with Gasteiger partial charge in [-0.3, -0.25) is 9.78 Å². The van der Waals surface area contributed by atoms with Crippen molar-refractivity contribution < 1.29 is 14.3 Å². The molecular weight excluding hydrogens is 268 g/mol. The van der Waals surface area contributed by atoms with Gasteiger partial charge < -0.3 is 14.8 Å². The molecule has 1 N–H and O–H groups in total. The summed E-state index contributed by atoms with van der Waals surface area (Å²) >= 11 is 0. The molecule has 3 rings (SSSR count). The van der Waals surface area contributed by atoms with E-state index in [1.54, 1.807) is 13.3 Å². The molecule has 1 saturated heterocycles. The number of carbonyl (C=O) groups excluding carboxylic acids is 1. The van der Waals surface area contributed by atoms with Crippen LogP contribution in [0.3, 0.4) is 0 Å². The number of fused-ring (bicyclic) bond motifs is 1. The highest BCUT2D eigenvalue weighted by atomic mass is 16.5. The Bertz CT molecular complexity index is 651. The number of ether oxygens (including phenoxy) is 2. The van der Waals surface area contributed by atoms with Crippen LogP contribution in [0, 0.1) is 0 Å². The van der Waals surface area contributed by atoms with Crippen molar-refractivity contribution in [2.75, 3.05) is 20.3 Å². The van der Waals surface area contributed by atoms with Crippen LogP contribution in [-0.4, -0.2) is 37.3 Å². The van der Waals surface area contributed by atoms with Gasteiger partial charge in [0.25, 0.3) is 5.91 Å². The number of carbonyl (C=O) groups is 1. The minimum absolute atomic E-state index is 0.119. The number of methoxy groups -OCH3 is 1. The maximum atomic E-state index is 12.5. The lowest BCUT2D eigenvalue weighted by atomic mass is 10.1. The van der Waals surface area contributed by atoms with Crippen LogP contribution in [0.4, 0.5) is 0 Å². The molecule has 2 aromatic rings. The average Bonchev–Trinajstić information content (AvgIpc) is 3.04. The Labute approximate surface area is 123 Å². The number of amides is 1. The van der Waals surface area contributed by atoms with Crippen molar-refractivity contribution in [3.63, 3.8) is 0 Å². The molecule has 5 heteroatoms. The standard InChI is InChI=1S/C16H18N2O3/c1-20-14-10-17-13-7-3-2-6-12(13)15(14)16(19)18-9-11-5-4-8-21-11/h2-3,6-7,10-11H,4-5,8-9H2,1H3,(H,18,19). The van der Waals surface area contributed by atoms with E-state index in [0.717, 1.165) is 30.4 Å². The largest absolute Gasteiger partial charge is 0.494 e. The highest BCUT2D eigenvalue weighted by Crippen LogP contribution is 2.25. The van der Waals surface area contributed by atoms with E-state index in [2.05, 4.69) is 10.3 Å². The van der Waals surface area contributed by atoms with Crippen molar-refractivity contribution in [2.24, 2.45) is 0 Å². The van der Waals surface area contributed by atoms with E-state index < -0.39 is 0 Å². The smallest absolute Gasteiger partial charge is 0.255 e. The molecule has 1 amide bonds.